The summed E-state index contributed by atoms with van der Waals surface area (Å²) >= 11 is -0.0951. The second-order valence-corrected chi connectivity index (χ2v) is 5.73. The Hall–Kier alpha value is -2.24. The van der Waals surface area contributed by atoms with Crippen LogP contribution in [-0.2, 0) is 0 Å². The molecule has 1 atom stereocenters. The van der Waals surface area contributed by atoms with Crippen LogP contribution in [0.1, 0.15) is 18.5 Å². The van der Waals surface area contributed by atoms with Crippen LogP contribution in [0.3, 0.4) is 0 Å². The summed E-state index contributed by atoms with van der Waals surface area (Å²) in [5.74, 6) is 0. The number of nitro benzene ring substituents is 1. The quantitative estimate of drug-likeness (QED) is 0.446. The van der Waals surface area contributed by atoms with E-state index < -0.39 is 0 Å². The number of aromatic nitrogens is 2. The molecule has 6 nitrogen and oxygen atoms in total. The van der Waals surface area contributed by atoms with Gasteiger partial charge in [0.25, 0.3) is 0 Å². The van der Waals surface area contributed by atoms with Crippen molar-refractivity contribution in [1.82, 2.24) is 7.96 Å². The molecule has 0 spiro atoms. The van der Waals surface area contributed by atoms with E-state index >= 15 is 0 Å². The minimum absolute atomic E-state index is 0.0951. The molecule has 1 N–H and O–H groups in total. The van der Waals surface area contributed by atoms with Gasteiger partial charge in [0.1, 0.15) is 0 Å². The molecule has 0 saturated carbocycles. The monoisotopic (exact) mass is 348 g/mol. The molecular formula is C14H12N4O2Se. The number of nitro groups is 1. The van der Waals surface area contributed by atoms with Crippen molar-refractivity contribution >= 4 is 37.4 Å². The summed E-state index contributed by atoms with van der Waals surface area (Å²) in [4.78, 5) is 10.8. The Morgan fingerprint density at radius 3 is 2.81 bits per heavy atom. The van der Waals surface area contributed by atoms with Gasteiger partial charge in [-0.1, -0.05) is 0 Å². The number of fused-ring (bicyclic) bond motifs is 1. The van der Waals surface area contributed by atoms with E-state index in [-0.39, 0.29) is 31.6 Å². The molecule has 0 aliphatic carbocycles. The number of nitrogens with one attached hydrogen (secondary N) is 1. The predicted octanol–water partition coefficient (Wildman–Crippen LogP) is 2.77. The van der Waals surface area contributed by atoms with Gasteiger partial charge in [0, 0.05) is 0 Å². The molecule has 7 heteroatoms. The zero-order chi connectivity index (χ0) is 14.8. The first-order valence-electron chi connectivity index (χ1n) is 6.38. The maximum absolute atomic E-state index is 11.1. The fourth-order valence-corrected chi connectivity index (χ4v) is 3.41. The molecular weight excluding hydrogens is 335 g/mol. The number of hydrogen-bond donors (Lipinski definition) is 1. The van der Waals surface area contributed by atoms with Gasteiger partial charge in [0.2, 0.25) is 0 Å². The van der Waals surface area contributed by atoms with E-state index in [0.29, 0.717) is 5.56 Å². The van der Waals surface area contributed by atoms with Crippen molar-refractivity contribution in [3.63, 3.8) is 0 Å². The molecule has 0 amide bonds. The van der Waals surface area contributed by atoms with Crippen molar-refractivity contribution in [1.29, 1.82) is 0 Å². The first-order chi connectivity index (χ1) is 10.2. The zero-order valence-electron chi connectivity index (χ0n) is 11.2. The molecule has 106 valence electrons. The van der Waals surface area contributed by atoms with Crippen molar-refractivity contribution in [2.75, 3.05) is 5.32 Å². The SMILES string of the molecule is CC(Nc1cccc2n[se]nc12)c1ccccc1[N+](=O)[O-]. The summed E-state index contributed by atoms with van der Waals surface area (Å²) in [5, 5.41) is 14.4. The summed E-state index contributed by atoms with van der Waals surface area (Å²) in [6, 6.07) is 12.3. The molecule has 0 aliphatic rings. The molecule has 3 rings (SSSR count). The van der Waals surface area contributed by atoms with Gasteiger partial charge in [-0.25, -0.2) is 0 Å². The van der Waals surface area contributed by atoms with Crippen molar-refractivity contribution in [2.24, 2.45) is 0 Å². The Morgan fingerprint density at radius 1 is 1.19 bits per heavy atom. The third-order valence-corrected chi connectivity index (χ3v) is 4.40. The molecule has 0 radical (unpaired) electrons. The first kappa shape index (κ1) is 13.7. The van der Waals surface area contributed by atoms with Crippen LogP contribution in [0, 0.1) is 10.1 Å². The molecule has 3 aromatic rings. The Balaban J connectivity index is 1.95. The summed E-state index contributed by atoms with van der Waals surface area (Å²) in [7, 11) is 0. The van der Waals surface area contributed by atoms with Crippen LogP contribution in [-0.4, -0.2) is 27.8 Å². The van der Waals surface area contributed by atoms with Gasteiger partial charge < -0.3 is 0 Å². The van der Waals surface area contributed by atoms with Crippen molar-refractivity contribution < 1.29 is 4.92 Å². The number of anilines is 1. The van der Waals surface area contributed by atoms with Crippen molar-refractivity contribution in [2.45, 2.75) is 13.0 Å². The average molecular weight is 347 g/mol. The summed E-state index contributed by atoms with van der Waals surface area (Å²) < 4.78 is 8.74. The molecule has 2 aromatic carbocycles. The average Bonchev–Trinajstić information content (AvgIpc) is 2.96. The third kappa shape index (κ3) is 2.65. The van der Waals surface area contributed by atoms with Crippen LogP contribution in [0.4, 0.5) is 11.4 Å². The Morgan fingerprint density at radius 2 is 2.00 bits per heavy atom. The molecule has 0 aliphatic heterocycles. The number of para-hydroxylation sites is 1. The summed E-state index contributed by atoms with van der Waals surface area (Å²) in [6.45, 7) is 1.90. The van der Waals surface area contributed by atoms with Gasteiger partial charge in [0.05, 0.1) is 0 Å². The fraction of sp³-hybridized carbons (Fsp3) is 0.143. The Bertz CT molecular complexity index is 802. The van der Waals surface area contributed by atoms with Crippen LogP contribution in [0.2, 0.25) is 0 Å². The minimum atomic E-state index is -0.355. The molecule has 1 aromatic heterocycles. The van der Waals surface area contributed by atoms with Gasteiger partial charge in [0.15, 0.2) is 0 Å². The van der Waals surface area contributed by atoms with E-state index in [0.717, 1.165) is 16.7 Å². The zero-order valence-corrected chi connectivity index (χ0v) is 12.9. The van der Waals surface area contributed by atoms with Gasteiger partial charge in [-0.3, -0.25) is 0 Å². The normalized spacial score (nSPS) is 12.2. The topological polar surface area (TPSA) is 81.0 Å². The van der Waals surface area contributed by atoms with E-state index in [1.165, 1.54) is 6.07 Å². The molecule has 1 heterocycles. The van der Waals surface area contributed by atoms with Crippen LogP contribution in [0.5, 0.6) is 0 Å². The van der Waals surface area contributed by atoms with Gasteiger partial charge in [-0.2, -0.15) is 0 Å². The maximum atomic E-state index is 11.1. The van der Waals surface area contributed by atoms with Crippen LogP contribution >= 0.6 is 0 Å². The Kier molecular flexibility index (Phi) is 3.68. The number of hydrogen-bond acceptors (Lipinski definition) is 5. The molecule has 21 heavy (non-hydrogen) atoms. The molecule has 0 saturated heterocycles. The van der Waals surface area contributed by atoms with Gasteiger partial charge >= 0.3 is 127 Å². The summed E-state index contributed by atoms with van der Waals surface area (Å²) in [5.41, 5.74) is 3.37. The van der Waals surface area contributed by atoms with Gasteiger partial charge in [-0.05, 0) is 0 Å². The van der Waals surface area contributed by atoms with E-state index in [2.05, 4.69) is 13.3 Å². The van der Waals surface area contributed by atoms with Crippen molar-refractivity contribution in [3.8, 4) is 0 Å². The Labute approximate surface area is 127 Å². The van der Waals surface area contributed by atoms with Crippen LogP contribution in [0.25, 0.3) is 11.0 Å². The van der Waals surface area contributed by atoms with E-state index in [9.17, 15) is 10.1 Å². The second-order valence-electron chi connectivity index (χ2n) is 4.62. The van der Waals surface area contributed by atoms with E-state index in [1.807, 2.05) is 25.1 Å². The van der Waals surface area contributed by atoms with Crippen LogP contribution < -0.4 is 5.32 Å². The van der Waals surface area contributed by atoms with E-state index in [1.54, 1.807) is 18.2 Å². The fourth-order valence-electron chi connectivity index (χ4n) is 2.25. The molecule has 0 fully saturated rings. The van der Waals surface area contributed by atoms with Crippen molar-refractivity contribution in [3.05, 3.63) is 58.1 Å². The second kappa shape index (κ2) is 5.63. The third-order valence-electron chi connectivity index (χ3n) is 3.26. The standard InChI is InChI=1S/C14H12N4O2Se/c1-9(10-5-2-3-8-13(10)18(19)20)15-11-6-4-7-12-14(11)17-21-16-12/h2-9,15H,1H3. The van der Waals surface area contributed by atoms with Gasteiger partial charge in [-0.15, -0.1) is 0 Å². The van der Waals surface area contributed by atoms with Crippen LogP contribution in [0.15, 0.2) is 42.5 Å². The number of rotatable bonds is 4. The first-order valence-corrected chi connectivity index (χ1v) is 7.91. The predicted molar refractivity (Wildman–Crippen MR) is 81.6 cm³/mol. The van der Waals surface area contributed by atoms with E-state index in [4.69, 9.17) is 0 Å². The molecule has 1 unspecified atom stereocenters. The summed E-state index contributed by atoms with van der Waals surface area (Å²) in [6.07, 6.45) is 0. The molecule has 0 bridgehead atoms. The number of nitrogens with zero attached hydrogens (tertiary/aromatic N) is 3. The number of benzene rings is 2.